The van der Waals surface area contributed by atoms with Gasteiger partial charge in [-0.2, -0.15) is 0 Å². The monoisotopic (exact) mass is 406 g/mol. The number of unbranched alkanes of at least 4 members (excludes halogenated alkanes) is 8. The molecule has 0 amide bonds. The number of aliphatic hydroxyl groups is 1. The van der Waals surface area contributed by atoms with Crippen molar-refractivity contribution in [3.8, 4) is 11.8 Å². The smallest absolute Gasteiger partial charge is 0.200 e. The molecule has 0 radical (unpaired) electrons. The van der Waals surface area contributed by atoms with Crippen molar-refractivity contribution >= 4 is 0 Å². The summed E-state index contributed by atoms with van der Waals surface area (Å²) in [6.07, 6.45) is 9.07. The number of rotatable bonds is 13. The van der Waals surface area contributed by atoms with Crippen molar-refractivity contribution < 1.29 is 31.8 Å². The molecule has 0 heterocycles. The molecular weight excluding hydrogens is 379 g/mol. The summed E-state index contributed by atoms with van der Waals surface area (Å²) >= 11 is 0. The van der Waals surface area contributed by atoms with E-state index in [9.17, 15) is 22.0 Å². The van der Waals surface area contributed by atoms with Crippen LogP contribution in [0.2, 0.25) is 0 Å². The molecule has 0 bridgehead atoms. The summed E-state index contributed by atoms with van der Waals surface area (Å²) in [6.45, 7) is 1.48. The molecule has 0 atom stereocenters. The van der Waals surface area contributed by atoms with Gasteiger partial charge in [0.05, 0.1) is 0 Å². The maximum absolute atomic E-state index is 13.4. The maximum Gasteiger partial charge on any atom is 0.200 e. The Morgan fingerprint density at radius 3 is 1.64 bits per heavy atom. The molecule has 1 N–H and O–H groups in total. The van der Waals surface area contributed by atoms with E-state index in [0.717, 1.165) is 51.6 Å². The van der Waals surface area contributed by atoms with Crippen molar-refractivity contribution in [1.29, 1.82) is 0 Å². The Labute approximate surface area is 163 Å². The van der Waals surface area contributed by atoms with Crippen molar-refractivity contribution in [2.75, 3.05) is 19.8 Å². The van der Waals surface area contributed by atoms with Crippen molar-refractivity contribution in [1.82, 2.24) is 0 Å². The van der Waals surface area contributed by atoms with E-state index in [2.05, 4.69) is 11.8 Å². The third kappa shape index (κ3) is 8.57. The van der Waals surface area contributed by atoms with Gasteiger partial charge in [0.2, 0.25) is 5.82 Å². The Morgan fingerprint density at radius 2 is 1.07 bits per heavy atom. The molecule has 158 valence electrons. The summed E-state index contributed by atoms with van der Waals surface area (Å²) in [6, 6.07) is 0. The summed E-state index contributed by atoms with van der Waals surface area (Å²) in [5.41, 5.74) is -1.07. The van der Waals surface area contributed by atoms with Gasteiger partial charge in [0.1, 0.15) is 5.56 Å². The molecule has 1 rings (SSSR count). The molecule has 28 heavy (non-hydrogen) atoms. The molecule has 1 aromatic carbocycles. The van der Waals surface area contributed by atoms with Gasteiger partial charge < -0.3 is 9.84 Å². The van der Waals surface area contributed by atoms with Gasteiger partial charge in [-0.25, -0.2) is 22.0 Å². The first-order valence-corrected chi connectivity index (χ1v) is 9.69. The van der Waals surface area contributed by atoms with Crippen LogP contribution in [-0.4, -0.2) is 24.9 Å². The Hall–Kier alpha value is -1.65. The van der Waals surface area contributed by atoms with Gasteiger partial charge >= 0.3 is 0 Å². The minimum atomic E-state index is -2.17. The van der Waals surface area contributed by atoms with Crippen LogP contribution in [0.4, 0.5) is 22.0 Å². The van der Waals surface area contributed by atoms with Gasteiger partial charge in [0, 0.05) is 26.2 Å². The standard InChI is InChI=1S/C21H27F5O2/c22-17-16(18(23)20(25)21(26)19(17)24)12-9-7-5-3-1-2-4-6-8-10-14-28-15-11-13-27/h27H,1-8,10-11,13-15H2. The number of hydrogen-bond donors (Lipinski definition) is 1. The van der Waals surface area contributed by atoms with Crippen LogP contribution in [0.5, 0.6) is 0 Å². The van der Waals surface area contributed by atoms with Gasteiger partial charge in [-0.1, -0.05) is 50.4 Å². The van der Waals surface area contributed by atoms with Crippen LogP contribution in [0.25, 0.3) is 0 Å². The van der Waals surface area contributed by atoms with Gasteiger partial charge in [-0.15, -0.1) is 0 Å². The molecule has 0 aromatic heterocycles. The zero-order valence-corrected chi connectivity index (χ0v) is 15.9. The van der Waals surface area contributed by atoms with E-state index >= 15 is 0 Å². The van der Waals surface area contributed by atoms with Crippen molar-refractivity contribution in [3.63, 3.8) is 0 Å². The largest absolute Gasteiger partial charge is 0.396 e. The lowest BCUT2D eigenvalue weighted by Crippen LogP contribution is -2.04. The van der Waals surface area contributed by atoms with Crippen LogP contribution in [0.1, 0.15) is 69.8 Å². The van der Waals surface area contributed by atoms with Crippen molar-refractivity contribution in [2.45, 2.75) is 64.2 Å². The van der Waals surface area contributed by atoms with Gasteiger partial charge in [0.25, 0.3) is 0 Å². The summed E-state index contributed by atoms with van der Waals surface area (Å²) in [5.74, 6) is -5.35. The molecule has 0 saturated heterocycles. The maximum atomic E-state index is 13.4. The van der Waals surface area contributed by atoms with E-state index in [-0.39, 0.29) is 6.61 Å². The second-order valence-electron chi connectivity index (χ2n) is 6.51. The van der Waals surface area contributed by atoms with Gasteiger partial charge in [-0.3, -0.25) is 0 Å². The van der Waals surface area contributed by atoms with E-state index < -0.39 is 34.6 Å². The molecule has 0 saturated carbocycles. The first-order valence-electron chi connectivity index (χ1n) is 9.69. The predicted molar refractivity (Wildman–Crippen MR) is 97.2 cm³/mol. The number of halogens is 5. The minimum Gasteiger partial charge on any atom is -0.396 e. The molecule has 0 aliphatic carbocycles. The zero-order valence-electron chi connectivity index (χ0n) is 15.9. The van der Waals surface area contributed by atoms with Crippen LogP contribution in [-0.2, 0) is 4.74 Å². The van der Waals surface area contributed by atoms with Gasteiger partial charge in [-0.05, 0) is 19.3 Å². The number of benzene rings is 1. The lowest BCUT2D eigenvalue weighted by Gasteiger charge is -2.03. The topological polar surface area (TPSA) is 29.5 Å². The molecule has 0 unspecified atom stereocenters. The Morgan fingerprint density at radius 1 is 0.607 bits per heavy atom. The number of ether oxygens (including phenoxy) is 1. The van der Waals surface area contributed by atoms with Crippen LogP contribution in [0.15, 0.2) is 0 Å². The highest BCUT2D eigenvalue weighted by atomic mass is 19.2. The minimum absolute atomic E-state index is 0.155. The average Bonchev–Trinajstić information content (AvgIpc) is 2.70. The fourth-order valence-electron chi connectivity index (χ4n) is 2.61. The van der Waals surface area contributed by atoms with Crippen molar-refractivity contribution in [3.05, 3.63) is 34.6 Å². The summed E-state index contributed by atoms with van der Waals surface area (Å²) in [7, 11) is 0. The fourth-order valence-corrected chi connectivity index (χ4v) is 2.61. The second-order valence-corrected chi connectivity index (χ2v) is 6.51. The Bertz CT molecular complexity index is 623. The molecule has 2 nitrogen and oxygen atoms in total. The highest BCUT2D eigenvalue weighted by Crippen LogP contribution is 2.22. The van der Waals surface area contributed by atoms with Crippen LogP contribution >= 0.6 is 0 Å². The van der Waals surface area contributed by atoms with E-state index in [1.165, 1.54) is 0 Å². The van der Waals surface area contributed by atoms with Crippen molar-refractivity contribution in [2.24, 2.45) is 0 Å². The molecule has 0 spiro atoms. The summed E-state index contributed by atoms with van der Waals surface area (Å²) < 4.78 is 71.3. The fraction of sp³-hybridized carbons (Fsp3) is 0.619. The molecule has 0 fully saturated rings. The molecule has 0 aliphatic heterocycles. The SMILES string of the molecule is OCCCOCCCCCCCCCCC#Cc1c(F)c(F)c(F)c(F)c1F. The first-order chi connectivity index (χ1) is 13.5. The average molecular weight is 406 g/mol. The second kappa shape index (κ2) is 14.4. The number of hydrogen-bond acceptors (Lipinski definition) is 2. The predicted octanol–water partition coefficient (Wildman–Crippen LogP) is 5.64. The lowest BCUT2D eigenvalue weighted by molar-refractivity contribution is 0.112. The van der Waals surface area contributed by atoms with E-state index in [1.807, 2.05) is 0 Å². The first kappa shape index (κ1) is 24.4. The normalized spacial score (nSPS) is 10.8. The molecule has 1 aromatic rings. The highest BCUT2D eigenvalue weighted by Gasteiger charge is 2.24. The zero-order chi connectivity index (χ0) is 20.8. The summed E-state index contributed by atoms with van der Waals surface area (Å²) in [5, 5.41) is 8.60. The number of aliphatic hydroxyl groups excluding tert-OH is 1. The third-order valence-electron chi connectivity index (χ3n) is 4.21. The van der Waals surface area contributed by atoms with Crippen LogP contribution in [0.3, 0.4) is 0 Å². The van der Waals surface area contributed by atoms with E-state index in [4.69, 9.17) is 9.84 Å². The molecule has 0 aliphatic rings. The Balaban J connectivity index is 2.12. The van der Waals surface area contributed by atoms with Crippen LogP contribution in [0, 0.1) is 40.9 Å². The van der Waals surface area contributed by atoms with Crippen LogP contribution < -0.4 is 0 Å². The van der Waals surface area contributed by atoms with E-state index in [0.29, 0.717) is 25.9 Å². The quantitative estimate of drug-likeness (QED) is 0.151. The Kier molecular flexibility index (Phi) is 12.5. The van der Waals surface area contributed by atoms with E-state index in [1.54, 1.807) is 0 Å². The van der Waals surface area contributed by atoms with Gasteiger partial charge in [0.15, 0.2) is 23.3 Å². The molecule has 7 heteroatoms. The summed E-state index contributed by atoms with van der Waals surface area (Å²) in [4.78, 5) is 0. The highest BCUT2D eigenvalue weighted by molar-refractivity contribution is 5.38. The lowest BCUT2D eigenvalue weighted by atomic mass is 10.1. The third-order valence-corrected chi connectivity index (χ3v) is 4.21. The molecular formula is C21H27F5O2.